The number of hydrogen-bond acceptors (Lipinski definition) is 5. The Hall–Kier alpha value is -1.69. The Morgan fingerprint density at radius 1 is 1.47 bits per heavy atom. The number of nitrogens with zero attached hydrogens (tertiary/aromatic N) is 4. The molecule has 3 rings (SSSR count). The summed E-state index contributed by atoms with van der Waals surface area (Å²) >= 11 is 0. The SMILES string of the molecule is CC1C(N)CCCN1c1ncnc2[nH]ncc12. The normalized spacial score (nSPS) is 25.4. The predicted molar refractivity (Wildman–Crippen MR) is 65.7 cm³/mol. The lowest BCUT2D eigenvalue weighted by molar-refractivity contribution is 0.419. The van der Waals surface area contributed by atoms with E-state index in [9.17, 15) is 0 Å². The third-order valence-corrected chi connectivity index (χ3v) is 3.55. The van der Waals surface area contributed by atoms with Gasteiger partial charge in [0, 0.05) is 18.6 Å². The lowest BCUT2D eigenvalue weighted by atomic mass is 9.98. The van der Waals surface area contributed by atoms with Gasteiger partial charge in [0.1, 0.15) is 12.1 Å². The van der Waals surface area contributed by atoms with Crippen molar-refractivity contribution in [3.63, 3.8) is 0 Å². The number of nitrogens with two attached hydrogens (primary N) is 1. The van der Waals surface area contributed by atoms with Crippen LogP contribution >= 0.6 is 0 Å². The van der Waals surface area contributed by atoms with E-state index in [2.05, 4.69) is 32.0 Å². The van der Waals surface area contributed by atoms with Gasteiger partial charge >= 0.3 is 0 Å². The Bertz CT molecular complexity index is 521. The summed E-state index contributed by atoms with van der Waals surface area (Å²) in [7, 11) is 0. The second-order valence-corrected chi connectivity index (χ2v) is 4.57. The molecule has 6 nitrogen and oxygen atoms in total. The molecule has 0 radical (unpaired) electrons. The van der Waals surface area contributed by atoms with Crippen LogP contribution in [-0.4, -0.2) is 38.8 Å². The molecule has 1 aliphatic rings. The molecule has 2 aromatic heterocycles. The maximum absolute atomic E-state index is 6.12. The lowest BCUT2D eigenvalue weighted by Gasteiger charge is -2.38. The smallest absolute Gasteiger partial charge is 0.160 e. The number of aromatic amines is 1. The first-order valence-corrected chi connectivity index (χ1v) is 5.93. The van der Waals surface area contributed by atoms with Crippen LogP contribution in [0.5, 0.6) is 0 Å². The molecular formula is C11H16N6. The zero-order chi connectivity index (χ0) is 11.8. The van der Waals surface area contributed by atoms with Gasteiger partial charge in [-0.05, 0) is 19.8 Å². The maximum Gasteiger partial charge on any atom is 0.160 e. The van der Waals surface area contributed by atoms with Crippen molar-refractivity contribution < 1.29 is 0 Å². The predicted octanol–water partition coefficient (Wildman–Crippen LogP) is 0.669. The minimum Gasteiger partial charge on any atom is -0.352 e. The van der Waals surface area contributed by atoms with E-state index in [0.29, 0.717) is 6.04 Å². The highest BCUT2D eigenvalue weighted by molar-refractivity contribution is 5.86. The topological polar surface area (TPSA) is 83.7 Å². The third-order valence-electron chi connectivity index (χ3n) is 3.55. The molecule has 3 heterocycles. The van der Waals surface area contributed by atoms with Crippen molar-refractivity contribution in [3.8, 4) is 0 Å². The van der Waals surface area contributed by atoms with Crippen molar-refractivity contribution in [3.05, 3.63) is 12.5 Å². The van der Waals surface area contributed by atoms with E-state index in [1.165, 1.54) is 0 Å². The number of piperidine rings is 1. The van der Waals surface area contributed by atoms with Crippen molar-refractivity contribution in [1.29, 1.82) is 0 Å². The number of H-pyrrole nitrogens is 1. The maximum atomic E-state index is 6.12. The first kappa shape index (κ1) is 10.5. The van der Waals surface area contributed by atoms with Crippen LogP contribution < -0.4 is 10.6 Å². The summed E-state index contributed by atoms with van der Waals surface area (Å²) < 4.78 is 0. The van der Waals surface area contributed by atoms with E-state index < -0.39 is 0 Å². The van der Waals surface area contributed by atoms with E-state index in [1.54, 1.807) is 12.5 Å². The molecule has 0 aliphatic carbocycles. The van der Waals surface area contributed by atoms with Crippen LogP contribution in [0.25, 0.3) is 11.0 Å². The molecule has 0 bridgehead atoms. The first-order valence-electron chi connectivity index (χ1n) is 5.93. The van der Waals surface area contributed by atoms with Gasteiger partial charge in [-0.15, -0.1) is 0 Å². The van der Waals surface area contributed by atoms with Crippen LogP contribution in [0.2, 0.25) is 0 Å². The number of hydrogen-bond donors (Lipinski definition) is 2. The number of anilines is 1. The molecule has 0 spiro atoms. The van der Waals surface area contributed by atoms with Gasteiger partial charge in [0.2, 0.25) is 0 Å². The Balaban J connectivity index is 2.05. The molecule has 0 saturated carbocycles. The fourth-order valence-electron chi connectivity index (χ4n) is 2.45. The van der Waals surface area contributed by atoms with Crippen molar-refractivity contribution in [2.45, 2.75) is 31.8 Å². The second-order valence-electron chi connectivity index (χ2n) is 4.57. The minimum absolute atomic E-state index is 0.209. The van der Waals surface area contributed by atoms with Gasteiger partial charge in [-0.2, -0.15) is 5.10 Å². The summed E-state index contributed by atoms with van der Waals surface area (Å²) in [5.74, 6) is 0.936. The zero-order valence-electron chi connectivity index (χ0n) is 9.80. The molecule has 0 aromatic carbocycles. The first-order chi connectivity index (χ1) is 8.27. The molecule has 2 aromatic rings. The van der Waals surface area contributed by atoms with Crippen LogP contribution in [0.3, 0.4) is 0 Å². The molecule has 3 N–H and O–H groups in total. The van der Waals surface area contributed by atoms with Gasteiger partial charge in [-0.25, -0.2) is 9.97 Å². The van der Waals surface area contributed by atoms with Crippen molar-refractivity contribution in [2.75, 3.05) is 11.4 Å². The van der Waals surface area contributed by atoms with Gasteiger partial charge in [-0.3, -0.25) is 5.10 Å². The largest absolute Gasteiger partial charge is 0.352 e. The molecular weight excluding hydrogens is 216 g/mol. The molecule has 1 aliphatic heterocycles. The Morgan fingerprint density at radius 3 is 3.24 bits per heavy atom. The summed E-state index contributed by atoms with van der Waals surface area (Å²) in [5.41, 5.74) is 6.90. The highest BCUT2D eigenvalue weighted by Crippen LogP contribution is 2.27. The van der Waals surface area contributed by atoms with Crippen molar-refractivity contribution in [2.24, 2.45) is 5.73 Å². The summed E-state index contributed by atoms with van der Waals surface area (Å²) in [5, 5.41) is 7.85. The molecule has 2 unspecified atom stereocenters. The average molecular weight is 232 g/mol. The zero-order valence-corrected chi connectivity index (χ0v) is 9.80. The summed E-state index contributed by atoms with van der Waals surface area (Å²) in [6.45, 7) is 3.14. The molecule has 2 atom stereocenters. The Morgan fingerprint density at radius 2 is 2.35 bits per heavy atom. The molecule has 90 valence electrons. The van der Waals surface area contributed by atoms with E-state index in [4.69, 9.17) is 5.73 Å². The molecule has 17 heavy (non-hydrogen) atoms. The summed E-state index contributed by atoms with van der Waals surface area (Å²) in [4.78, 5) is 10.8. The molecule has 0 amide bonds. The minimum atomic E-state index is 0.209. The third kappa shape index (κ3) is 1.64. The van der Waals surface area contributed by atoms with E-state index >= 15 is 0 Å². The van der Waals surface area contributed by atoms with Gasteiger partial charge < -0.3 is 10.6 Å². The van der Waals surface area contributed by atoms with E-state index in [-0.39, 0.29) is 6.04 Å². The van der Waals surface area contributed by atoms with Crippen LogP contribution in [0.15, 0.2) is 12.5 Å². The fraction of sp³-hybridized carbons (Fsp3) is 0.545. The van der Waals surface area contributed by atoms with Crippen molar-refractivity contribution >= 4 is 16.9 Å². The second kappa shape index (κ2) is 3.96. The van der Waals surface area contributed by atoms with Crippen LogP contribution in [0.1, 0.15) is 19.8 Å². The van der Waals surface area contributed by atoms with Crippen LogP contribution in [0.4, 0.5) is 5.82 Å². The highest BCUT2D eigenvalue weighted by Gasteiger charge is 2.27. The van der Waals surface area contributed by atoms with Crippen molar-refractivity contribution in [1.82, 2.24) is 20.2 Å². The monoisotopic (exact) mass is 232 g/mol. The quantitative estimate of drug-likeness (QED) is 0.755. The van der Waals surface area contributed by atoms with Crippen LogP contribution in [-0.2, 0) is 0 Å². The molecule has 6 heteroatoms. The number of fused-ring (bicyclic) bond motifs is 1. The molecule has 1 saturated heterocycles. The molecule has 1 fully saturated rings. The standard InChI is InChI=1S/C11H16N6/c1-7-9(12)3-2-4-17(7)11-8-5-15-16-10(8)13-6-14-11/h5-7,9H,2-4,12H2,1H3,(H,13,14,15,16). The highest BCUT2D eigenvalue weighted by atomic mass is 15.3. The van der Waals surface area contributed by atoms with E-state index in [1.807, 2.05) is 0 Å². The number of aromatic nitrogens is 4. The van der Waals surface area contributed by atoms with Gasteiger partial charge in [0.25, 0.3) is 0 Å². The number of nitrogens with one attached hydrogen (secondary N) is 1. The summed E-state index contributed by atoms with van der Waals surface area (Å²) in [6.07, 6.45) is 5.53. The van der Waals surface area contributed by atoms with Gasteiger partial charge in [-0.1, -0.05) is 0 Å². The average Bonchev–Trinajstić information content (AvgIpc) is 2.81. The Kier molecular flexibility index (Phi) is 2.44. The fourth-order valence-corrected chi connectivity index (χ4v) is 2.45. The lowest BCUT2D eigenvalue weighted by Crippen LogP contribution is -2.50. The van der Waals surface area contributed by atoms with Crippen LogP contribution in [0, 0.1) is 0 Å². The summed E-state index contributed by atoms with van der Waals surface area (Å²) in [6, 6.07) is 0.511. The van der Waals surface area contributed by atoms with E-state index in [0.717, 1.165) is 36.2 Å². The van der Waals surface area contributed by atoms with Gasteiger partial charge in [0.15, 0.2) is 5.65 Å². The Labute approximate surface area is 99.2 Å². The van der Waals surface area contributed by atoms with Gasteiger partial charge in [0.05, 0.1) is 11.6 Å². The number of rotatable bonds is 1.